The average molecular weight is 395 g/mol. The van der Waals surface area contributed by atoms with Crippen molar-refractivity contribution in [1.29, 1.82) is 0 Å². The molecule has 2 aromatic rings. The van der Waals surface area contributed by atoms with Gasteiger partial charge in [-0.15, -0.1) is 11.8 Å². The number of nitrogens with one attached hydrogen (secondary N) is 2. The van der Waals surface area contributed by atoms with Crippen LogP contribution in [-0.4, -0.2) is 17.1 Å². The molecule has 0 saturated carbocycles. The Morgan fingerprint density at radius 2 is 2.04 bits per heavy atom. The summed E-state index contributed by atoms with van der Waals surface area (Å²) >= 11 is 13.5. The predicted molar refractivity (Wildman–Crippen MR) is 102 cm³/mol. The zero-order valence-electron chi connectivity index (χ0n) is 13.4. The molecular formula is C18H16Cl2N2O2S. The van der Waals surface area contributed by atoms with Gasteiger partial charge in [0.15, 0.2) is 0 Å². The first-order chi connectivity index (χ1) is 11.9. The molecule has 0 saturated heterocycles. The second-order valence-electron chi connectivity index (χ2n) is 5.75. The Kier molecular flexibility index (Phi) is 5.57. The quantitative estimate of drug-likeness (QED) is 0.791. The molecule has 0 radical (unpaired) electrons. The highest BCUT2D eigenvalue weighted by molar-refractivity contribution is 8.01. The first kappa shape index (κ1) is 18.1. The van der Waals surface area contributed by atoms with E-state index in [1.54, 1.807) is 18.2 Å². The topological polar surface area (TPSA) is 58.2 Å². The van der Waals surface area contributed by atoms with E-state index in [1.165, 1.54) is 11.8 Å². The number of carbonyl (C=O) groups excluding carboxylic acids is 2. The Morgan fingerprint density at radius 3 is 2.80 bits per heavy atom. The highest BCUT2D eigenvalue weighted by Crippen LogP contribution is 2.36. The van der Waals surface area contributed by atoms with Gasteiger partial charge in [0.2, 0.25) is 11.8 Å². The van der Waals surface area contributed by atoms with Gasteiger partial charge in [-0.1, -0.05) is 41.4 Å². The van der Waals surface area contributed by atoms with Gasteiger partial charge < -0.3 is 10.6 Å². The molecule has 25 heavy (non-hydrogen) atoms. The van der Waals surface area contributed by atoms with E-state index in [9.17, 15) is 9.59 Å². The smallest absolute Gasteiger partial charge is 0.238 e. The molecule has 2 N–H and O–H groups in total. The summed E-state index contributed by atoms with van der Waals surface area (Å²) in [5.74, 6) is -0.360. The van der Waals surface area contributed by atoms with Crippen molar-refractivity contribution in [3.8, 4) is 0 Å². The van der Waals surface area contributed by atoms with Crippen LogP contribution >= 0.6 is 35.0 Å². The van der Waals surface area contributed by atoms with Crippen LogP contribution in [0.3, 0.4) is 0 Å². The largest absolute Gasteiger partial charge is 0.349 e. The van der Waals surface area contributed by atoms with Crippen molar-refractivity contribution in [2.45, 2.75) is 29.5 Å². The molecule has 7 heteroatoms. The first-order valence-corrected chi connectivity index (χ1v) is 9.38. The minimum absolute atomic E-state index is 0.0976. The number of anilines is 1. The molecule has 1 aliphatic rings. The molecule has 2 unspecified atom stereocenters. The standard InChI is InChI=1S/C18H16Cl2N2O2S/c1-10(12-7-6-11(19)8-13(12)20)21-17(23)9-16-18(24)22-14-4-2-3-5-15(14)25-16/h2-8,10,16H,9H2,1H3,(H,21,23)(H,22,24). The zero-order chi connectivity index (χ0) is 18.0. The number of hydrogen-bond acceptors (Lipinski definition) is 3. The van der Waals surface area contributed by atoms with Crippen LogP contribution in [0.15, 0.2) is 47.4 Å². The van der Waals surface area contributed by atoms with Crippen molar-refractivity contribution in [3.05, 3.63) is 58.1 Å². The number of halogens is 2. The fourth-order valence-electron chi connectivity index (χ4n) is 2.63. The minimum atomic E-state index is -0.456. The Labute approximate surface area is 160 Å². The summed E-state index contributed by atoms with van der Waals surface area (Å²) < 4.78 is 0. The molecule has 0 aliphatic carbocycles. The highest BCUT2D eigenvalue weighted by atomic mass is 35.5. The lowest BCUT2D eigenvalue weighted by Gasteiger charge is -2.24. The SMILES string of the molecule is CC(NC(=O)CC1Sc2ccccc2NC1=O)c1ccc(Cl)cc1Cl. The number of fused-ring (bicyclic) bond motifs is 1. The van der Waals surface area contributed by atoms with Crippen molar-refractivity contribution in [3.63, 3.8) is 0 Å². The van der Waals surface area contributed by atoms with Crippen molar-refractivity contribution in [2.24, 2.45) is 0 Å². The minimum Gasteiger partial charge on any atom is -0.349 e. The summed E-state index contributed by atoms with van der Waals surface area (Å²) in [6, 6.07) is 12.4. The third-order valence-electron chi connectivity index (χ3n) is 3.88. The molecule has 0 spiro atoms. The van der Waals surface area contributed by atoms with E-state index in [0.717, 1.165) is 16.1 Å². The lowest BCUT2D eigenvalue weighted by Crippen LogP contribution is -2.35. The van der Waals surface area contributed by atoms with Crippen LogP contribution in [0.25, 0.3) is 0 Å². The molecule has 0 bridgehead atoms. The van der Waals surface area contributed by atoms with Crippen LogP contribution < -0.4 is 10.6 Å². The fourth-order valence-corrected chi connectivity index (χ4v) is 4.31. The summed E-state index contributed by atoms with van der Waals surface area (Å²) in [5.41, 5.74) is 1.57. The van der Waals surface area contributed by atoms with Gasteiger partial charge in [-0.05, 0) is 36.8 Å². The summed E-state index contributed by atoms with van der Waals surface area (Å²) in [6.45, 7) is 1.84. The third-order valence-corrected chi connectivity index (χ3v) is 5.72. The number of benzene rings is 2. The third kappa shape index (κ3) is 4.29. The fraction of sp³-hybridized carbons (Fsp3) is 0.222. The number of para-hydroxylation sites is 1. The molecule has 130 valence electrons. The summed E-state index contributed by atoms with van der Waals surface area (Å²) in [4.78, 5) is 25.5. The predicted octanol–water partition coefficient (Wildman–Crippen LogP) is 4.67. The van der Waals surface area contributed by atoms with Crippen LogP contribution in [0, 0.1) is 0 Å². The molecule has 0 aromatic heterocycles. The second kappa shape index (κ2) is 7.68. The normalized spacial score (nSPS) is 17.4. The monoisotopic (exact) mass is 394 g/mol. The van der Waals surface area contributed by atoms with Gasteiger partial charge in [0.1, 0.15) is 0 Å². The van der Waals surface area contributed by atoms with Gasteiger partial charge in [0.05, 0.1) is 17.0 Å². The number of thioether (sulfide) groups is 1. The van der Waals surface area contributed by atoms with Gasteiger partial charge >= 0.3 is 0 Å². The van der Waals surface area contributed by atoms with Gasteiger partial charge in [-0.3, -0.25) is 9.59 Å². The van der Waals surface area contributed by atoms with Crippen LogP contribution in [0.1, 0.15) is 24.9 Å². The molecule has 1 aliphatic heterocycles. The summed E-state index contributed by atoms with van der Waals surface area (Å²) in [6.07, 6.45) is 0.0976. The molecule has 2 atom stereocenters. The Morgan fingerprint density at radius 1 is 1.28 bits per heavy atom. The van der Waals surface area contributed by atoms with E-state index in [-0.39, 0.29) is 24.3 Å². The second-order valence-corrected chi connectivity index (χ2v) is 7.84. The average Bonchev–Trinajstić information content (AvgIpc) is 2.55. The van der Waals surface area contributed by atoms with E-state index in [0.29, 0.717) is 10.0 Å². The van der Waals surface area contributed by atoms with Gasteiger partial charge in [-0.25, -0.2) is 0 Å². The Balaban J connectivity index is 1.63. The Hall–Kier alpha value is -1.69. The summed E-state index contributed by atoms with van der Waals surface area (Å²) in [7, 11) is 0. The van der Waals surface area contributed by atoms with Crippen LogP contribution in [0.5, 0.6) is 0 Å². The van der Waals surface area contributed by atoms with Gasteiger partial charge in [0, 0.05) is 21.4 Å². The zero-order valence-corrected chi connectivity index (χ0v) is 15.7. The van der Waals surface area contributed by atoms with E-state index < -0.39 is 5.25 Å². The van der Waals surface area contributed by atoms with Crippen molar-refractivity contribution >= 4 is 52.5 Å². The lowest BCUT2D eigenvalue weighted by atomic mass is 10.1. The molecule has 2 aromatic carbocycles. The van der Waals surface area contributed by atoms with E-state index in [2.05, 4.69) is 10.6 Å². The molecule has 3 rings (SSSR count). The number of rotatable bonds is 4. The molecule has 0 fully saturated rings. The molecular weight excluding hydrogens is 379 g/mol. The number of carbonyl (C=O) groups is 2. The van der Waals surface area contributed by atoms with Crippen LogP contribution in [0.2, 0.25) is 10.0 Å². The van der Waals surface area contributed by atoms with E-state index in [4.69, 9.17) is 23.2 Å². The first-order valence-electron chi connectivity index (χ1n) is 7.75. The van der Waals surface area contributed by atoms with Gasteiger partial charge in [-0.2, -0.15) is 0 Å². The van der Waals surface area contributed by atoms with Crippen LogP contribution in [-0.2, 0) is 9.59 Å². The van der Waals surface area contributed by atoms with Crippen molar-refractivity contribution in [1.82, 2.24) is 5.32 Å². The van der Waals surface area contributed by atoms with Crippen molar-refractivity contribution in [2.75, 3.05) is 5.32 Å². The number of amides is 2. The maximum absolute atomic E-state index is 12.4. The Bertz CT molecular complexity index is 828. The molecule has 2 amide bonds. The molecule has 1 heterocycles. The van der Waals surface area contributed by atoms with Crippen molar-refractivity contribution < 1.29 is 9.59 Å². The van der Waals surface area contributed by atoms with Crippen LogP contribution in [0.4, 0.5) is 5.69 Å². The summed E-state index contributed by atoms with van der Waals surface area (Å²) in [5, 5.41) is 6.31. The lowest BCUT2D eigenvalue weighted by molar-refractivity contribution is -0.124. The maximum atomic E-state index is 12.4. The maximum Gasteiger partial charge on any atom is 0.238 e. The van der Waals surface area contributed by atoms with E-state index >= 15 is 0 Å². The number of hydrogen-bond donors (Lipinski definition) is 2. The van der Waals surface area contributed by atoms with E-state index in [1.807, 2.05) is 31.2 Å². The highest BCUT2D eigenvalue weighted by Gasteiger charge is 2.29. The molecule has 4 nitrogen and oxygen atoms in total. The van der Waals surface area contributed by atoms with Gasteiger partial charge in [0.25, 0.3) is 0 Å².